The summed E-state index contributed by atoms with van der Waals surface area (Å²) in [7, 11) is 3.04. The van der Waals surface area contributed by atoms with Crippen LogP contribution in [-0.4, -0.2) is 25.2 Å². The SMILES string of the molecule is COc1ccc2c(c1OC)C(=O)O[C@H]2Nc1cc(C)nc2ccccc12. The highest BCUT2D eigenvalue weighted by atomic mass is 16.6. The van der Waals surface area contributed by atoms with E-state index in [1.807, 2.05) is 43.3 Å². The summed E-state index contributed by atoms with van der Waals surface area (Å²) in [6.07, 6.45) is -0.609. The van der Waals surface area contributed by atoms with E-state index in [4.69, 9.17) is 14.2 Å². The van der Waals surface area contributed by atoms with E-state index >= 15 is 0 Å². The number of pyridine rings is 1. The van der Waals surface area contributed by atoms with Gasteiger partial charge in [0.25, 0.3) is 0 Å². The molecule has 0 bridgehead atoms. The fraction of sp³-hybridized carbons (Fsp3) is 0.200. The van der Waals surface area contributed by atoms with Gasteiger partial charge in [-0.3, -0.25) is 4.98 Å². The molecular formula is C20H18N2O4. The van der Waals surface area contributed by atoms with Crippen LogP contribution in [0.5, 0.6) is 11.5 Å². The van der Waals surface area contributed by atoms with Crippen LogP contribution in [0.2, 0.25) is 0 Å². The number of cyclic esters (lactones) is 1. The maximum Gasteiger partial charge on any atom is 0.344 e. The number of methoxy groups -OCH3 is 2. The summed E-state index contributed by atoms with van der Waals surface area (Å²) in [5.74, 6) is 0.437. The third kappa shape index (κ3) is 2.50. The van der Waals surface area contributed by atoms with Gasteiger partial charge in [-0.05, 0) is 31.2 Å². The van der Waals surface area contributed by atoms with Gasteiger partial charge >= 0.3 is 5.97 Å². The number of rotatable bonds is 4. The fourth-order valence-corrected chi connectivity index (χ4v) is 3.28. The van der Waals surface area contributed by atoms with Gasteiger partial charge in [0.1, 0.15) is 5.56 Å². The van der Waals surface area contributed by atoms with E-state index in [0.29, 0.717) is 22.6 Å². The smallest absolute Gasteiger partial charge is 0.344 e. The Hall–Kier alpha value is -3.28. The third-order valence-electron chi connectivity index (χ3n) is 4.42. The van der Waals surface area contributed by atoms with Crippen LogP contribution in [-0.2, 0) is 4.74 Å². The summed E-state index contributed by atoms with van der Waals surface area (Å²) in [6, 6.07) is 13.4. The molecule has 2 heterocycles. The Bertz CT molecular complexity index is 1020. The predicted molar refractivity (Wildman–Crippen MR) is 97.8 cm³/mol. The number of benzene rings is 2. The van der Waals surface area contributed by atoms with E-state index in [2.05, 4.69) is 10.3 Å². The average Bonchev–Trinajstić information content (AvgIpc) is 2.96. The van der Waals surface area contributed by atoms with E-state index in [1.54, 1.807) is 6.07 Å². The first-order valence-electron chi connectivity index (χ1n) is 8.21. The van der Waals surface area contributed by atoms with Crippen molar-refractivity contribution in [3.8, 4) is 11.5 Å². The lowest BCUT2D eigenvalue weighted by Gasteiger charge is -2.17. The van der Waals surface area contributed by atoms with Crippen molar-refractivity contribution < 1.29 is 19.0 Å². The maximum atomic E-state index is 12.4. The lowest BCUT2D eigenvalue weighted by atomic mass is 10.1. The summed E-state index contributed by atoms with van der Waals surface area (Å²) < 4.78 is 16.2. The van der Waals surface area contributed by atoms with Crippen molar-refractivity contribution in [2.24, 2.45) is 0 Å². The number of ether oxygens (including phenoxy) is 3. The third-order valence-corrected chi connectivity index (χ3v) is 4.42. The fourth-order valence-electron chi connectivity index (χ4n) is 3.28. The van der Waals surface area contributed by atoms with Crippen molar-refractivity contribution >= 4 is 22.6 Å². The first-order chi connectivity index (χ1) is 12.6. The minimum atomic E-state index is -0.609. The lowest BCUT2D eigenvalue weighted by Crippen LogP contribution is -2.11. The minimum Gasteiger partial charge on any atom is -0.493 e. The van der Waals surface area contributed by atoms with E-state index < -0.39 is 12.2 Å². The van der Waals surface area contributed by atoms with Gasteiger partial charge in [0, 0.05) is 22.3 Å². The van der Waals surface area contributed by atoms with Crippen molar-refractivity contribution in [3.63, 3.8) is 0 Å². The van der Waals surface area contributed by atoms with Gasteiger partial charge < -0.3 is 19.5 Å². The number of fused-ring (bicyclic) bond motifs is 2. The summed E-state index contributed by atoms with van der Waals surface area (Å²) in [4.78, 5) is 17.0. The number of esters is 1. The summed E-state index contributed by atoms with van der Waals surface area (Å²) >= 11 is 0. The van der Waals surface area contributed by atoms with Gasteiger partial charge in [-0.1, -0.05) is 18.2 Å². The van der Waals surface area contributed by atoms with Crippen LogP contribution in [0.3, 0.4) is 0 Å². The number of anilines is 1. The number of nitrogens with one attached hydrogen (secondary N) is 1. The molecule has 4 rings (SSSR count). The molecule has 0 saturated heterocycles. The molecule has 0 radical (unpaired) electrons. The molecule has 6 nitrogen and oxygen atoms in total. The normalized spacial score (nSPS) is 15.5. The monoisotopic (exact) mass is 350 g/mol. The van der Waals surface area contributed by atoms with Crippen molar-refractivity contribution in [2.45, 2.75) is 13.2 Å². The van der Waals surface area contributed by atoms with Crippen molar-refractivity contribution in [1.82, 2.24) is 4.98 Å². The van der Waals surface area contributed by atoms with E-state index in [9.17, 15) is 4.79 Å². The largest absolute Gasteiger partial charge is 0.493 e. The molecule has 0 saturated carbocycles. The van der Waals surface area contributed by atoms with Crippen molar-refractivity contribution in [3.05, 3.63) is 59.3 Å². The number of carbonyl (C=O) groups excluding carboxylic acids is 1. The van der Waals surface area contributed by atoms with Crippen LogP contribution < -0.4 is 14.8 Å². The maximum absolute atomic E-state index is 12.4. The van der Waals surface area contributed by atoms with Crippen LogP contribution in [0.4, 0.5) is 5.69 Å². The average molecular weight is 350 g/mol. The topological polar surface area (TPSA) is 69.7 Å². The molecule has 1 aliphatic heterocycles. The number of para-hydroxylation sites is 1. The van der Waals surface area contributed by atoms with Crippen molar-refractivity contribution in [1.29, 1.82) is 0 Å². The van der Waals surface area contributed by atoms with Crippen LogP contribution in [0, 0.1) is 6.92 Å². The van der Waals surface area contributed by atoms with Gasteiger partial charge in [-0.2, -0.15) is 0 Å². The Labute approximate surface area is 150 Å². The Morgan fingerprint density at radius 3 is 2.69 bits per heavy atom. The molecule has 132 valence electrons. The second-order valence-electron chi connectivity index (χ2n) is 6.02. The number of carbonyl (C=O) groups is 1. The molecule has 2 aromatic carbocycles. The van der Waals surface area contributed by atoms with Gasteiger partial charge in [0.05, 0.1) is 19.7 Å². The molecular weight excluding hydrogens is 332 g/mol. The highest BCUT2D eigenvalue weighted by Gasteiger charge is 2.36. The Kier molecular flexibility index (Phi) is 3.88. The molecule has 0 fully saturated rings. The zero-order valence-electron chi connectivity index (χ0n) is 14.7. The first-order valence-corrected chi connectivity index (χ1v) is 8.21. The van der Waals surface area contributed by atoms with Crippen LogP contribution >= 0.6 is 0 Å². The summed E-state index contributed by atoms with van der Waals surface area (Å²) in [6.45, 7) is 1.93. The Morgan fingerprint density at radius 1 is 1.12 bits per heavy atom. The van der Waals surface area contributed by atoms with E-state index in [0.717, 1.165) is 22.3 Å². The zero-order valence-corrected chi connectivity index (χ0v) is 14.7. The molecule has 1 N–H and O–H groups in total. The molecule has 0 spiro atoms. The highest BCUT2D eigenvalue weighted by molar-refractivity contribution is 5.99. The molecule has 0 unspecified atom stereocenters. The second-order valence-corrected chi connectivity index (χ2v) is 6.02. The van der Waals surface area contributed by atoms with Gasteiger partial charge in [-0.25, -0.2) is 4.79 Å². The van der Waals surface area contributed by atoms with Gasteiger partial charge in [-0.15, -0.1) is 0 Å². The summed E-state index contributed by atoms with van der Waals surface area (Å²) in [5.41, 5.74) is 3.72. The number of aromatic nitrogens is 1. The lowest BCUT2D eigenvalue weighted by molar-refractivity contribution is 0.0435. The number of nitrogens with zero attached hydrogens (tertiary/aromatic N) is 1. The van der Waals surface area contributed by atoms with E-state index in [1.165, 1.54) is 14.2 Å². The second kappa shape index (κ2) is 6.22. The first kappa shape index (κ1) is 16.2. The molecule has 0 aliphatic carbocycles. The molecule has 3 aromatic rings. The number of aryl methyl sites for hydroxylation is 1. The van der Waals surface area contributed by atoms with Crippen LogP contribution in [0.25, 0.3) is 10.9 Å². The standard InChI is InChI=1S/C20H18N2O4/c1-11-10-15(12-6-4-5-7-14(12)21-11)22-19-13-8-9-16(24-2)18(25-3)17(13)20(23)26-19/h4-10,19H,1-3H3,(H,21,22)/t19-/m1/s1. The van der Waals surface area contributed by atoms with Gasteiger partial charge in [0.2, 0.25) is 6.23 Å². The van der Waals surface area contributed by atoms with E-state index in [-0.39, 0.29) is 0 Å². The van der Waals surface area contributed by atoms with Gasteiger partial charge in [0.15, 0.2) is 11.5 Å². The zero-order chi connectivity index (χ0) is 18.3. The number of hydrogen-bond donors (Lipinski definition) is 1. The van der Waals surface area contributed by atoms with Crippen molar-refractivity contribution in [2.75, 3.05) is 19.5 Å². The molecule has 1 aromatic heterocycles. The highest BCUT2D eigenvalue weighted by Crippen LogP contribution is 2.42. The molecule has 1 aliphatic rings. The minimum absolute atomic E-state index is 0.384. The molecule has 26 heavy (non-hydrogen) atoms. The molecule has 6 heteroatoms. The van der Waals surface area contributed by atoms with Crippen LogP contribution in [0.15, 0.2) is 42.5 Å². The Morgan fingerprint density at radius 2 is 1.92 bits per heavy atom. The molecule has 0 amide bonds. The summed E-state index contributed by atoms with van der Waals surface area (Å²) in [5, 5.41) is 4.28. The molecule has 1 atom stereocenters. The predicted octanol–water partition coefficient (Wildman–Crippen LogP) is 3.84. The quantitative estimate of drug-likeness (QED) is 0.721. The van der Waals surface area contributed by atoms with Crippen LogP contribution in [0.1, 0.15) is 27.8 Å². The Balaban J connectivity index is 1.78. The number of hydrogen-bond acceptors (Lipinski definition) is 6.